The molecule has 0 aromatic carbocycles. The zero-order valence-electron chi connectivity index (χ0n) is 46.3. The minimum atomic E-state index is -0.770. The molecule has 0 radical (unpaired) electrons. The monoisotopic (exact) mass is 969 g/mol. The lowest BCUT2D eigenvalue weighted by Gasteiger charge is -2.18. The summed E-state index contributed by atoms with van der Waals surface area (Å²) in [6.45, 7) is 6.58. The molecule has 0 saturated heterocycles. The predicted molar refractivity (Wildman–Crippen MR) is 298 cm³/mol. The quantitative estimate of drug-likeness (QED) is 0.0261. The SMILES string of the molecule is CCC/C=C\CCCCCCCC(=O)OC(COC(=O)CCCCCCCCCCCC)COC(=O)CCCCCCCCCCCCCCCCCCCCC/C=C\C/C=C\CCCCCCC. The number of carbonyl (C=O) groups is 3. The van der Waals surface area contributed by atoms with Crippen molar-refractivity contribution in [3.8, 4) is 0 Å². The second-order valence-corrected chi connectivity index (χ2v) is 20.6. The molecule has 0 aliphatic carbocycles. The van der Waals surface area contributed by atoms with Crippen molar-refractivity contribution in [1.82, 2.24) is 0 Å². The summed E-state index contributed by atoms with van der Waals surface area (Å²) in [5.41, 5.74) is 0. The third kappa shape index (κ3) is 56.4. The van der Waals surface area contributed by atoms with E-state index in [9.17, 15) is 14.4 Å². The Morgan fingerprint density at radius 2 is 0.551 bits per heavy atom. The summed E-state index contributed by atoms with van der Waals surface area (Å²) < 4.78 is 16.8. The van der Waals surface area contributed by atoms with Crippen LogP contribution in [-0.2, 0) is 28.6 Å². The zero-order chi connectivity index (χ0) is 50.0. The van der Waals surface area contributed by atoms with E-state index in [0.717, 1.165) is 83.5 Å². The van der Waals surface area contributed by atoms with Gasteiger partial charge in [-0.2, -0.15) is 0 Å². The highest BCUT2D eigenvalue weighted by Crippen LogP contribution is 2.17. The Kier molecular flexibility index (Phi) is 56.2. The van der Waals surface area contributed by atoms with E-state index < -0.39 is 6.10 Å². The standard InChI is InChI=1S/C63H116O6/c1-4-7-10-13-16-19-22-23-24-25-26-27-28-29-30-31-32-33-34-35-36-37-38-39-40-41-42-45-47-50-53-56-62(65)68-59-60(69-63(66)57-54-51-48-44-21-18-15-12-9-6-3)58-67-61(64)55-52-49-46-43-20-17-14-11-8-5-2/h12,15,22-23,25-26,60H,4-11,13-14,16-21,24,27-59H2,1-3H3/b15-12-,23-22-,26-25-. The van der Waals surface area contributed by atoms with E-state index in [4.69, 9.17) is 14.2 Å². The van der Waals surface area contributed by atoms with E-state index >= 15 is 0 Å². The van der Waals surface area contributed by atoms with Crippen LogP contribution < -0.4 is 0 Å². The molecule has 6 nitrogen and oxygen atoms in total. The lowest BCUT2D eigenvalue weighted by Crippen LogP contribution is -2.30. The molecule has 1 atom stereocenters. The normalized spacial score (nSPS) is 12.2. The van der Waals surface area contributed by atoms with E-state index in [1.165, 1.54) is 205 Å². The Bertz CT molecular complexity index is 1160. The van der Waals surface area contributed by atoms with Crippen molar-refractivity contribution in [2.24, 2.45) is 0 Å². The van der Waals surface area contributed by atoms with Gasteiger partial charge in [-0.25, -0.2) is 0 Å². The molecule has 1 unspecified atom stereocenters. The molecular weight excluding hydrogens is 853 g/mol. The van der Waals surface area contributed by atoms with E-state index in [1.807, 2.05) is 0 Å². The third-order valence-corrected chi connectivity index (χ3v) is 13.6. The van der Waals surface area contributed by atoms with Crippen molar-refractivity contribution in [1.29, 1.82) is 0 Å². The summed E-state index contributed by atoms with van der Waals surface area (Å²) in [6.07, 6.45) is 70.4. The molecule has 69 heavy (non-hydrogen) atoms. The van der Waals surface area contributed by atoms with Crippen LogP contribution in [0.1, 0.15) is 329 Å². The number of allylic oxidation sites excluding steroid dienone is 6. The summed E-state index contributed by atoms with van der Waals surface area (Å²) in [5, 5.41) is 0. The van der Waals surface area contributed by atoms with Crippen LogP contribution in [0.15, 0.2) is 36.5 Å². The maximum atomic E-state index is 12.8. The number of hydrogen-bond donors (Lipinski definition) is 0. The number of hydrogen-bond acceptors (Lipinski definition) is 6. The van der Waals surface area contributed by atoms with Crippen molar-refractivity contribution in [3.63, 3.8) is 0 Å². The molecule has 0 spiro atoms. The first kappa shape index (κ1) is 66.6. The van der Waals surface area contributed by atoms with Crippen LogP contribution in [0.5, 0.6) is 0 Å². The van der Waals surface area contributed by atoms with Crippen molar-refractivity contribution >= 4 is 17.9 Å². The fourth-order valence-corrected chi connectivity index (χ4v) is 9.01. The van der Waals surface area contributed by atoms with Crippen LogP contribution in [0.3, 0.4) is 0 Å². The van der Waals surface area contributed by atoms with Gasteiger partial charge in [-0.1, -0.05) is 276 Å². The highest BCUT2D eigenvalue weighted by Gasteiger charge is 2.19. The van der Waals surface area contributed by atoms with Crippen molar-refractivity contribution in [3.05, 3.63) is 36.5 Å². The molecular formula is C63H116O6. The van der Waals surface area contributed by atoms with Gasteiger partial charge in [-0.3, -0.25) is 14.4 Å². The van der Waals surface area contributed by atoms with Crippen molar-refractivity contribution in [2.45, 2.75) is 335 Å². The minimum Gasteiger partial charge on any atom is -0.462 e. The number of carbonyl (C=O) groups excluding carboxylic acids is 3. The Labute approximate surface area is 429 Å². The molecule has 6 heteroatoms. The van der Waals surface area contributed by atoms with Gasteiger partial charge < -0.3 is 14.2 Å². The first-order valence-electron chi connectivity index (χ1n) is 30.5. The Morgan fingerprint density at radius 1 is 0.290 bits per heavy atom. The fourth-order valence-electron chi connectivity index (χ4n) is 9.01. The Balaban J connectivity index is 3.98. The van der Waals surface area contributed by atoms with Gasteiger partial charge in [0.15, 0.2) is 6.10 Å². The van der Waals surface area contributed by atoms with Crippen LogP contribution in [0.4, 0.5) is 0 Å². The molecule has 0 saturated carbocycles. The van der Waals surface area contributed by atoms with Crippen LogP contribution in [0.2, 0.25) is 0 Å². The van der Waals surface area contributed by atoms with Gasteiger partial charge >= 0.3 is 17.9 Å². The number of ether oxygens (including phenoxy) is 3. The first-order chi connectivity index (χ1) is 34.0. The molecule has 0 aliphatic heterocycles. The molecule has 0 N–H and O–H groups in total. The van der Waals surface area contributed by atoms with Crippen molar-refractivity contribution < 1.29 is 28.6 Å². The molecule has 0 heterocycles. The van der Waals surface area contributed by atoms with Gasteiger partial charge in [0, 0.05) is 19.3 Å². The van der Waals surface area contributed by atoms with Gasteiger partial charge in [-0.15, -0.1) is 0 Å². The number of esters is 3. The predicted octanol–water partition coefficient (Wildman–Crippen LogP) is 20.4. The van der Waals surface area contributed by atoms with E-state index in [2.05, 4.69) is 57.2 Å². The summed E-state index contributed by atoms with van der Waals surface area (Å²) in [6, 6.07) is 0. The fraction of sp³-hybridized carbons (Fsp3) is 0.857. The largest absolute Gasteiger partial charge is 0.462 e. The topological polar surface area (TPSA) is 78.9 Å². The summed E-state index contributed by atoms with van der Waals surface area (Å²) in [4.78, 5) is 37.9. The van der Waals surface area contributed by atoms with E-state index in [-0.39, 0.29) is 31.1 Å². The smallest absolute Gasteiger partial charge is 0.306 e. The lowest BCUT2D eigenvalue weighted by atomic mass is 10.0. The van der Waals surface area contributed by atoms with Gasteiger partial charge in [0.2, 0.25) is 0 Å². The summed E-state index contributed by atoms with van der Waals surface area (Å²) >= 11 is 0. The van der Waals surface area contributed by atoms with Crippen molar-refractivity contribution in [2.75, 3.05) is 13.2 Å². The molecule has 0 amide bonds. The van der Waals surface area contributed by atoms with Gasteiger partial charge in [0.05, 0.1) is 0 Å². The van der Waals surface area contributed by atoms with Crippen LogP contribution >= 0.6 is 0 Å². The highest BCUT2D eigenvalue weighted by atomic mass is 16.6. The maximum Gasteiger partial charge on any atom is 0.306 e. The summed E-state index contributed by atoms with van der Waals surface area (Å²) in [5.74, 6) is -0.868. The first-order valence-corrected chi connectivity index (χ1v) is 30.5. The Hall–Kier alpha value is -2.37. The maximum absolute atomic E-state index is 12.8. The van der Waals surface area contributed by atoms with E-state index in [0.29, 0.717) is 19.3 Å². The second-order valence-electron chi connectivity index (χ2n) is 20.6. The molecule has 404 valence electrons. The molecule has 0 fully saturated rings. The van der Waals surface area contributed by atoms with E-state index in [1.54, 1.807) is 0 Å². The van der Waals surface area contributed by atoms with Crippen LogP contribution in [-0.4, -0.2) is 37.2 Å². The second kappa shape index (κ2) is 58.2. The molecule has 0 aliphatic rings. The average molecular weight is 970 g/mol. The summed E-state index contributed by atoms with van der Waals surface area (Å²) in [7, 11) is 0. The van der Waals surface area contributed by atoms with Crippen LogP contribution in [0.25, 0.3) is 0 Å². The molecule has 0 rings (SSSR count). The highest BCUT2D eigenvalue weighted by molar-refractivity contribution is 5.71. The van der Waals surface area contributed by atoms with Gasteiger partial charge in [-0.05, 0) is 70.6 Å². The molecule has 0 aromatic heterocycles. The number of rotatable bonds is 56. The zero-order valence-corrected chi connectivity index (χ0v) is 46.3. The van der Waals surface area contributed by atoms with Gasteiger partial charge in [0.25, 0.3) is 0 Å². The number of unbranched alkanes of at least 4 members (excludes halogenated alkanes) is 39. The third-order valence-electron chi connectivity index (χ3n) is 13.6. The lowest BCUT2D eigenvalue weighted by molar-refractivity contribution is -0.167. The average Bonchev–Trinajstić information content (AvgIpc) is 3.35. The molecule has 0 bridgehead atoms. The van der Waals surface area contributed by atoms with Crippen LogP contribution in [0, 0.1) is 0 Å². The van der Waals surface area contributed by atoms with Gasteiger partial charge in [0.1, 0.15) is 13.2 Å². The molecule has 0 aromatic rings. The minimum absolute atomic E-state index is 0.0710. The Morgan fingerprint density at radius 3 is 0.870 bits per heavy atom.